The molecular formula is C48H62FN3O15S. The van der Waals surface area contributed by atoms with E-state index in [9.17, 15) is 37.8 Å². The molecule has 2 aromatic rings. The third-order valence-electron chi connectivity index (χ3n) is 15.1. The molecule has 2 bridgehead atoms. The van der Waals surface area contributed by atoms with Gasteiger partial charge in [0.05, 0.1) is 29.4 Å². The molecular weight excluding hydrogens is 910 g/mol. The number of nitrogens with zero attached hydrogens (tertiary/aromatic N) is 2. The van der Waals surface area contributed by atoms with Crippen LogP contribution in [-0.4, -0.2) is 150 Å². The lowest BCUT2D eigenvalue weighted by molar-refractivity contribution is -0.345. The molecule has 0 unspecified atom stereocenters. The van der Waals surface area contributed by atoms with Gasteiger partial charge in [0.1, 0.15) is 53.2 Å². The van der Waals surface area contributed by atoms with Crippen molar-refractivity contribution in [3.05, 3.63) is 76.9 Å². The second-order valence-electron chi connectivity index (χ2n) is 21.0. The summed E-state index contributed by atoms with van der Waals surface area (Å²) in [6.07, 6.45) is -7.12. The van der Waals surface area contributed by atoms with E-state index in [2.05, 4.69) is 10.3 Å². The molecule has 3 aliphatic carbocycles. The van der Waals surface area contributed by atoms with Crippen LogP contribution in [0, 0.1) is 22.6 Å². The number of alkyl carbamates (subject to hydrolysis) is 1. The van der Waals surface area contributed by atoms with E-state index in [1.54, 1.807) is 71.9 Å². The lowest BCUT2D eigenvalue weighted by Crippen LogP contribution is -2.79. The van der Waals surface area contributed by atoms with Crippen molar-refractivity contribution in [2.75, 3.05) is 32.5 Å². The molecule has 3 N–H and O–H groups in total. The number of ether oxygens (including phenoxy) is 7. The Balaban J connectivity index is 1.26. The fraction of sp³-hybridized carbons (Fsp3) is 0.646. The summed E-state index contributed by atoms with van der Waals surface area (Å²) < 4.78 is 84.7. The molecule has 1 amide bonds. The molecule has 1 aromatic carbocycles. The molecule has 0 radical (unpaired) electrons. The zero-order chi connectivity index (χ0) is 49.5. The minimum Gasteiger partial charge on any atom is -0.456 e. The number of benzene rings is 1. The number of aromatic nitrogens is 1. The summed E-state index contributed by atoms with van der Waals surface area (Å²) in [6, 6.07) is 8.69. The number of aliphatic hydroxyl groups excluding tert-OH is 1. The van der Waals surface area contributed by atoms with Gasteiger partial charge >= 0.3 is 24.0 Å². The third kappa shape index (κ3) is 8.72. The molecule has 6 aliphatic rings. The number of nitrogens with one attached hydrogen (secondary N) is 1. The molecule has 20 heteroatoms. The van der Waals surface area contributed by atoms with Crippen LogP contribution in [0.1, 0.15) is 96.7 Å². The summed E-state index contributed by atoms with van der Waals surface area (Å²) in [7, 11) is -3.31. The highest BCUT2D eigenvalue weighted by molar-refractivity contribution is 7.91. The minimum absolute atomic E-state index is 0.113. The standard InChI is InChI=1S/C48H62FN3O15S/c1-25-30(62-42(56)36(54)35(34-29(49)16-13-19-50-34)51-43(57)67-44(3,4)5)20-48(58)40(65-41(55)27-14-11-10-12-15-27)38-46(8,18-17-31-47(38,24-61-31)66-26(2)53)39-37(33(25)45(48,6)7)63-32(64-39)23-52-21-28(22-52)68(9,59)60/h10-16,19,28,30-32,35-40,54,58H,17-18,20-24H2,1-9H3,(H,51,57)/t30-,31+,32+,35-,36+,37+,38-,39+,40-,46+,47-,48+/m0/s1. The van der Waals surface area contributed by atoms with Gasteiger partial charge < -0.3 is 48.7 Å². The normalized spacial score (nSPS) is 34.2. The van der Waals surface area contributed by atoms with Crippen molar-refractivity contribution < 1.29 is 75.4 Å². The Bertz CT molecular complexity index is 2460. The van der Waals surface area contributed by atoms with E-state index in [1.165, 1.54) is 25.4 Å². The molecule has 5 fully saturated rings. The molecule has 8 rings (SSSR count). The van der Waals surface area contributed by atoms with Crippen LogP contribution < -0.4 is 5.32 Å². The second-order valence-corrected chi connectivity index (χ2v) is 23.3. The van der Waals surface area contributed by atoms with Crippen molar-refractivity contribution in [2.45, 2.75) is 146 Å². The summed E-state index contributed by atoms with van der Waals surface area (Å²) >= 11 is 0. The number of aliphatic hydroxyl groups is 2. The Morgan fingerprint density at radius 1 is 1.04 bits per heavy atom. The lowest BCUT2D eigenvalue weighted by Gasteiger charge is -2.68. The van der Waals surface area contributed by atoms with Crippen molar-refractivity contribution >= 4 is 33.8 Å². The maximum absolute atomic E-state index is 15.4. The Kier molecular flexibility index (Phi) is 13.0. The number of carbonyl (C=O) groups is 4. The van der Waals surface area contributed by atoms with E-state index < -0.39 is 140 Å². The zero-order valence-corrected chi connectivity index (χ0v) is 40.5. The Morgan fingerprint density at radius 3 is 2.34 bits per heavy atom. The number of likely N-dealkylation sites (tertiary alicyclic amines) is 1. The van der Waals surface area contributed by atoms with Gasteiger partial charge in [-0.2, -0.15) is 0 Å². The molecule has 12 atom stereocenters. The summed E-state index contributed by atoms with van der Waals surface area (Å²) in [4.78, 5) is 61.2. The summed E-state index contributed by atoms with van der Waals surface area (Å²) in [5, 5.41) is 27.5. The average Bonchev–Trinajstić information content (AvgIpc) is 3.64. The highest BCUT2D eigenvalue weighted by Crippen LogP contribution is 2.66. The van der Waals surface area contributed by atoms with Gasteiger partial charge in [0, 0.05) is 56.3 Å². The molecule has 68 heavy (non-hydrogen) atoms. The van der Waals surface area contributed by atoms with Crippen LogP contribution in [0.2, 0.25) is 0 Å². The highest BCUT2D eigenvalue weighted by atomic mass is 32.2. The third-order valence-corrected chi connectivity index (χ3v) is 16.6. The number of fused-ring (bicyclic) bond motifs is 8. The van der Waals surface area contributed by atoms with Gasteiger partial charge in [-0.1, -0.05) is 39.0 Å². The Morgan fingerprint density at radius 2 is 1.74 bits per heavy atom. The molecule has 2 saturated carbocycles. The molecule has 3 aliphatic heterocycles. The molecule has 18 nitrogen and oxygen atoms in total. The SMILES string of the molecule is CC(=O)O[C@@]12CO[C@@H]1CC[C@@]1(C)[C@@H]3O[C@H](CN4CC(S(C)(=O)=O)C4)O[C@@H]3C3=C(C)[C@@H](OC(=O)[C@H](O)[C@@H](NC(=O)OC(C)(C)C)c4ncccc4F)C[C@@](O)([C@@H](OC(=O)c4ccccc4)[C@@H]12)C3(C)C. The van der Waals surface area contributed by atoms with Crippen molar-refractivity contribution in [1.82, 2.24) is 15.2 Å². The van der Waals surface area contributed by atoms with E-state index in [0.29, 0.717) is 24.0 Å². The van der Waals surface area contributed by atoms with Crippen LogP contribution in [0.25, 0.3) is 0 Å². The number of halogens is 1. The first-order chi connectivity index (χ1) is 31.7. The van der Waals surface area contributed by atoms with E-state index >= 15 is 4.39 Å². The van der Waals surface area contributed by atoms with Crippen molar-refractivity contribution in [1.29, 1.82) is 0 Å². The Labute approximate surface area is 395 Å². The molecule has 372 valence electrons. The number of pyridine rings is 1. The van der Waals surface area contributed by atoms with Crippen LogP contribution in [-0.2, 0) is 52.6 Å². The number of rotatable bonds is 11. The van der Waals surface area contributed by atoms with E-state index in [4.69, 9.17) is 33.2 Å². The van der Waals surface area contributed by atoms with Gasteiger partial charge in [0.15, 0.2) is 27.8 Å². The van der Waals surface area contributed by atoms with E-state index in [-0.39, 0.29) is 31.8 Å². The number of esters is 3. The predicted molar refractivity (Wildman–Crippen MR) is 238 cm³/mol. The number of hydrogen-bond acceptors (Lipinski definition) is 17. The van der Waals surface area contributed by atoms with E-state index in [0.717, 1.165) is 6.07 Å². The number of hydrogen-bond donors (Lipinski definition) is 3. The Hall–Kier alpha value is -4.57. The zero-order valence-electron chi connectivity index (χ0n) is 39.7. The van der Waals surface area contributed by atoms with Crippen molar-refractivity contribution in [2.24, 2.45) is 16.7 Å². The molecule has 3 saturated heterocycles. The quantitative estimate of drug-likeness (QED) is 0.165. The first kappa shape index (κ1) is 49.8. The minimum atomic E-state index is -3.31. The first-order valence-electron chi connectivity index (χ1n) is 22.9. The van der Waals surface area contributed by atoms with Gasteiger partial charge in [-0.05, 0) is 75.9 Å². The monoisotopic (exact) mass is 971 g/mol. The summed E-state index contributed by atoms with van der Waals surface area (Å²) in [5.74, 6) is -4.78. The lowest BCUT2D eigenvalue weighted by atomic mass is 9.45. The average molecular weight is 972 g/mol. The van der Waals surface area contributed by atoms with Gasteiger partial charge in [-0.15, -0.1) is 0 Å². The van der Waals surface area contributed by atoms with E-state index in [1.807, 2.05) is 11.8 Å². The predicted octanol–water partition coefficient (Wildman–Crippen LogP) is 3.73. The second kappa shape index (κ2) is 17.7. The summed E-state index contributed by atoms with van der Waals surface area (Å²) in [5.41, 5.74) is -6.69. The van der Waals surface area contributed by atoms with Crippen LogP contribution >= 0.6 is 0 Å². The number of amides is 1. The fourth-order valence-corrected chi connectivity index (χ4v) is 12.6. The number of sulfone groups is 1. The maximum Gasteiger partial charge on any atom is 0.408 e. The smallest absolute Gasteiger partial charge is 0.408 e. The topological polar surface area (TPSA) is 236 Å². The first-order valence-corrected chi connectivity index (χ1v) is 24.9. The van der Waals surface area contributed by atoms with Gasteiger partial charge in [0.25, 0.3) is 0 Å². The largest absolute Gasteiger partial charge is 0.456 e. The molecule has 1 aromatic heterocycles. The maximum atomic E-state index is 15.4. The van der Waals surface area contributed by atoms with Gasteiger partial charge in [-0.25, -0.2) is 27.2 Å². The van der Waals surface area contributed by atoms with Crippen LogP contribution in [0.4, 0.5) is 9.18 Å². The molecule has 0 spiro atoms. The van der Waals surface area contributed by atoms with Crippen LogP contribution in [0.5, 0.6) is 0 Å². The van der Waals surface area contributed by atoms with Crippen LogP contribution in [0.15, 0.2) is 59.8 Å². The number of carbonyl (C=O) groups excluding carboxylic acids is 4. The van der Waals surface area contributed by atoms with Gasteiger partial charge in [0.2, 0.25) is 0 Å². The van der Waals surface area contributed by atoms with Crippen molar-refractivity contribution in [3.8, 4) is 0 Å². The van der Waals surface area contributed by atoms with Crippen LogP contribution in [0.3, 0.4) is 0 Å². The fourth-order valence-electron chi connectivity index (χ4n) is 11.6. The molecule has 4 heterocycles. The van der Waals surface area contributed by atoms with Crippen molar-refractivity contribution in [3.63, 3.8) is 0 Å². The van der Waals surface area contributed by atoms with Gasteiger partial charge in [-0.3, -0.25) is 14.7 Å². The highest BCUT2D eigenvalue weighted by Gasteiger charge is 2.77. The summed E-state index contributed by atoms with van der Waals surface area (Å²) in [6.45, 7) is 13.8.